The molecule has 0 saturated heterocycles. The highest BCUT2D eigenvalue weighted by atomic mass is 16.4. The zero-order valence-corrected chi connectivity index (χ0v) is 12.6. The van der Waals surface area contributed by atoms with E-state index in [4.69, 9.17) is 0 Å². The summed E-state index contributed by atoms with van der Waals surface area (Å²) >= 11 is 0. The molecule has 3 aromatic rings. The minimum atomic E-state index is -1.01. The summed E-state index contributed by atoms with van der Waals surface area (Å²) in [5.41, 5.74) is 3.87. The molecule has 1 aliphatic heterocycles. The van der Waals surface area contributed by atoms with Crippen LogP contribution in [0.1, 0.15) is 15.9 Å². The molecule has 0 radical (unpaired) electrons. The molecule has 0 spiro atoms. The number of hydrogen-bond donors (Lipinski definition) is 2. The minimum absolute atomic E-state index is 0.172. The maximum Gasteiger partial charge on any atom is 0.335 e. The van der Waals surface area contributed by atoms with E-state index < -0.39 is 11.9 Å². The van der Waals surface area contributed by atoms with Crippen molar-refractivity contribution < 1.29 is 19.8 Å². The summed E-state index contributed by atoms with van der Waals surface area (Å²) in [6.07, 6.45) is 1.92. The summed E-state index contributed by atoms with van der Waals surface area (Å²) < 4.78 is 1.77. The fourth-order valence-corrected chi connectivity index (χ4v) is 3.16. The van der Waals surface area contributed by atoms with Crippen LogP contribution in [0.4, 0.5) is 0 Å². The second-order valence-electron chi connectivity index (χ2n) is 5.77. The molecule has 2 heterocycles. The van der Waals surface area contributed by atoms with E-state index in [9.17, 15) is 19.8 Å². The maximum atomic E-state index is 11.6. The van der Waals surface area contributed by atoms with Crippen LogP contribution >= 0.6 is 0 Å². The number of benzene rings is 2. The van der Waals surface area contributed by atoms with E-state index in [0.717, 1.165) is 22.2 Å². The van der Waals surface area contributed by atoms with Gasteiger partial charge in [0, 0.05) is 23.6 Å². The molecule has 0 fully saturated rings. The average molecular weight is 319 g/mol. The van der Waals surface area contributed by atoms with Crippen molar-refractivity contribution in [3.05, 3.63) is 65.2 Å². The summed E-state index contributed by atoms with van der Waals surface area (Å²) in [6, 6.07) is 14.5. The highest BCUT2D eigenvalue weighted by molar-refractivity contribution is 5.99. The van der Waals surface area contributed by atoms with Crippen LogP contribution in [-0.4, -0.2) is 26.7 Å². The fourth-order valence-electron chi connectivity index (χ4n) is 3.16. The number of carbonyl (C=O) groups is 2. The predicted octanol–water partition coefficient (Wildman–Crippen LogP) is 3.49. The van der Waals surface area contributed by atoms with Crippen LogP contribution in [0.25, 0.3) is 28.4 Å². The first-order valence-electron chi connectivity index (χ1n) is 7.45. The molecule has 1 aliphatic rings. The molecule has 2 N–H and O–H groups in total. The Morgan fingerprint density at radius 3 is 2.50 bits per heavy atom. The van der Waals surface area contributed by atoms with Crippen molar-refractivity contribution in [1.82, 2.24) is 4.57 Å². The molecule has 2 aromatic carbocycles. The first-order chi connectivity index (χ1) is 11.5. The molecule has 118 valence electrons. The summed E-state index contributed by atoms with van der Waals surface area (Å²) in [6.45, 7) is 0. The monoisotopic (exact) mass is 319 g/mol. The molecule has 0 bridgehead atoms. The Bertz CT molecular complexity index is 1040. The van der Waals surface area contributed by atoms with Gasteiger partial charge in [-0.05, 0) is 23.8 Å². The molecule has 0 atom stereocenters. The summed E-state index contributed by atoms with van der Waals surface area (Å²) in [4.78, 5) is 22.8. The largest absolute Gasteiger partial charge is 0.478 e. The normalized spacial score (nSPS) is 12.9. The molecule has 5 nitrogen and oxygen atoms in total. The van der Waals surface area contributed by atoms with Crippen molar-refractivity contribution in [3.8, 4) is 11.3 Å². The Kier molecular flexibility index (Phi) is 3.03. The Morgan fingerprint density at radius 1 is 0.958 bits per heavy atom. The molecule has 5 heteroatoms. The molecule has 0 amide bonds. The van der Waals surface area contributed by atoms with E-state index in [1.54, 1.807) is 29.0 Å². The van der Waals surface area contributed by atoms with E-state index in [-0.39, 0.29) is 11.1 Å². The highest BCUT2D eigenvalue weighted by Crippen LogP contribution is 2.35. The number of fused-ring (bicyclic) bond motifs is 5. The number of nitrogens with zero attached hydrogens (tertiary/aromatic N) is 1. The van der Waals surface area contributed by atoms with Gasteiger partial charge in [-0.1, -0.05) is 30.3 Å². The van der Waals surface area contributed by atoms with Crippen LogP contribution in [0.5, 0.6) is 0 Å². The van der Waals surface area contributed by atoms with Crippen LogP contribution in [0.15, 0.2) is 54.1 Å². The number of rotatable bonds is 2. The quantitative estimate of drug-likeness (QED) is 0.758. The van der Waals surface area contributed by atoms with Gasteiger partial charge >= 0.3 is 11.9 Å². The van der Waals surface area contributed by atoms with Gasteiger partial charge in [0.1, 0.15) is 0 Å². The van der Waals surface area contributed by atoms with Crippen molar-refractivity contribution in [1.29, 1.82) is 0 Å². The summed E-state index contributed by atoms with van der Waals surface area (Å²) in [5, 5.41) is 19.6. The molecule has 24 heavy (non-hydrogen) atoms. The van der Waals surface area contributed by atoms with Crippen molar-refractivity contribution in [2.24, 2.45) is 0 Å². The van der Waals surface area contributed by atoms with E-state index in [1.807, 2.05) is 30.3 Å². The molecule has 0 saturated carbocycles. The Labute approximate surface area is 137 Å². The van der Waals surface area contributed by atoms with Crippen LogP contribution in [-0.2, 0) is 11.2 Å². The molecule has 0 unspecified atom stereocenters. The number of hydrogen-bond acceptors (Lipinski definition) is 2. The zero-order chi connectivity index (χ0) is 16.8. The molecule has 1 aromatic heterocycles. The van der Waals surface area contributed by atoms with E-state index in [1.165, 1.54) is 0 Å². The number of aromatic nitrogens is 1. The lowest BCUT2D eigenvalue weighted by Crippen LogP contribution is -2.04. The van der Waals surface area contributed by atoms with Crippen LogP contribution in [0.3, 0.4) is 0 Å². The number of aromatic carboxylic acids is 1. The third-order valence-electron chi connectivity index (χ3n) is 4.32. The fraction of sp³-hybridized carbons (Fsp3) is 0.0526. The van der Waals surface area contributed by atoms with Gasteiger partial charge in [-0.15, -0.1) is 0 Å². The second kappa shape index (κ2) is 5.09. The van der Waals surface area contributed by atoms with E-state index in [0.29, 0.717) is 11.9 Å². The SMILES string of the molecule is O=C(O)C1=Cn2c(cc3ccc(C(=O)O)cc32)-c2ccccc2C1. The van der Waals surface area contributed by atoms with E-state index in [2.05, 4.69) is 0 Å². The second-order valence-corrected chi connectivity index (χ2v) is 5.77. The van der Waals surface area contributed by atoms with E-state index >= 15 is 0 Å². The van der Waals surface area contributed by atoms with Crippen molar-refractivity contribution >= 4 is 29.0 Å². The van der Waals surface area contributed by atoms with Crippen molar-refractivity contribution in [2.45, 2.75) is 6.42 Å². The molecule has 4 rings (SSSR count). The van der Waals surface area contributed by atoms with Gasteiger partial charge in [-0.3, -0.25) is 0 Å². The number of aliphatic carboxylic acids is 1. The number of carboxylic acids is 2. The van der Waals surface area contributed by atoms with Crippen LogP contribution in [0, 0.1) is 0 Å². The minimum Gasteiger partial charge on any atom is -0.478 e. The standard InChI is InChI=1S/C19H13NO4/c21-18(22)13-6-5-12-8-17-15-4-2-1-3-11(15)7-14(19(23)24)10-20(17)16(12)9-13/h1-6,8-10H,7H2,(H,21,22)(H,23,24). The summed E-state index contributed by atoms with van der Waals surface area (Å²) in [7, 11) is 0. The topological polar surface area (TPSA) is 79.5 Å². The maximum absolute atomic E-state index is 11.6. The van der Waals surface area contributed by atoms with Gasteiger partial charge < -0.3 is 14.8 Å². The van der Waals surface area contributed by atoms with Gasteiger partial charge in [0.25, 0.3) is 0 Å². The first-order valence-corrected chi connectivity index (χ1v) is 7.45. The Morgan fingerprint density at radius 2 is 1.75 bits per heavy atom. The third kappa shape index (κ3) is 2.10. The van der Waals surface area contributed by atoms with Gasteiger partial charge in [-0.2, -0.15) is 0 Å². The van der Waals surface area contributed by atoms with Gasteiger partial charge in [0.2, 0.25) is 0 Å². The first kappa shape index (κ1) is 14.3. The van der Waals surface area contributed by atoms with Crippen LogP contribution in [0.2, 0.25) is 0 Å². The van der Waals surface area contributed by atoms with Gasteiger partial charge in [0.15, 0.2) is 0 Å². The zero-order valence-electron chi connectivity index (χ0n) is 12.6. The van der Waals surface area contributed by atoms with Crippen molar-refractivity contribution in [3.63, 3.8) is 0 Å². The predicted molar refractivity (Wildman–Crippen MR) is 89.9 cm³/mol. The molecule has 0 aliphatic carbocycles. The highest BCUT2D eigenvalue weighted by Gasteiger charge is 2.21. The Hall–Kier alpha value is -3.34. The van der Waals surface area contributed by atoms with Crippen molar-refractivity contribution in [2.75, 3.05) is 0 Å². The summed E-state index contributed by atoms with van der Waals surface area (Å²) in [5.74, 6) is -1.99. The molecular formula is C19H13NO4. The van der Waals surface area contributed by atoms with Gasteiger partial charge in [-0.25, -0.2) is 9.59 Å². The van der Waals surface area contributed by atoms with Gasteiger partial charge in [0.05, 0.1) is 22.3 Å². The lowest BCUT2D eigenvalue weighted by Gasteiger charge is -2.06. The smallest absolute Gasteiger partial charge is 0.335 e. The van der Waals surface area contributed by atoms with Crippen LogP contribution < -0.4 is 0 Å². The Balaban J connectivity index is 2.09. The molecular weight excluding hydrogens is 306 g/mol. The lowest BCUT2D eigenvalue weighted by atomic mass is 9.99. The average Bonchev–Trinajstić information content (AvgIpc) is 2.83. The number of carboxylic acid groups (broad SMARTS) is 2. The third-order valence-corrected chi connectivity index (χ3v) is 4.32. The lowest BCUT2D eigenvalue weighted by molar-refractivity contribution is -0.132.